The summed E-state index contributed by atoms with van der Waals surface area (Å²) in [5.74, 6) is 0.0342. The van der Waals surface area contributed by atoms with Crippen LogP contribution in [0.15, 0.2) is 24.3 Å². The quantitative estimate of drug-likeness (QED) is 0.748. The fourth-order valence-electron chi connectivity index (χ4n) is 2.86. The zero-order chi connectivity index (χ0) is 16.5. The van der Waals surface area contributed by atoms with Crippen LogP contribution in [0.1, 0.15) is 55.5 Å². The summed E-state index contributed by atoms with van der Waals surface area (Å²) in [5.41, 5.74) is 2.00. The second kappa shape index (κ2) is 9.68. The molecule has 1 atom stereocenters. The summed E-state index contributed by atoms with van der Waals surface area (Å²) in [4.78, 5) is 14.6. The Hall–Kier alpha value is -1.39. The number of hydrogen-bond acceptors (Lipinski definition) is 3. The maximum absolute atomic E-state index is 12.3. The zero-order valence-corrected chi connectivity index (χ0v) is 14.5. The van der Waals surface area contributed by atoms with E-state index in [1.807, 2.05) is 12.1 Å². The van der Waals surface area contributed by atoms with Crippen LogP contribution in [0.5, 0.6) is 0 Å². The lowest BCUT2D eigenvalue weighted by atomic mass is 10.1. The number of ether oxygens (including phenoxy) is 1. The standard InChI is InChI=1S/C19H30N2O2/c1-3-4-5-6-16(2)20-19(22)18-9-7-17(8-10-18)15-21-11-13-23-14-12-21/h7-10,16H,3-6,11-15H2,1-2H3,(H,20,22). The van der Waals surface area contributed by atoms with Crippen molar-refractivity contribution in [3.8, 4) is 0 Å². The maximum Gasteiger partial charge on any atom is 0.251 e. The first-order valence-electron chi connectivity index (χ1n) is 8.89. The van der Waals surface area contributed by atoms with E-state index >= 15 is 0 Å². The lowest BCUT2D eigenvalue weighted by Gasteiger charge is -2.26. The monoisotopic (exact) mass is 318 g/mol. The van der Waals surface area contributed by atoms with Crippen LogP contribution >= 0.6 is 0 Å². The first kappa shape index (κ1) is 18.0. The van der Waals surface area contributed by atoms with E-state index in [1.54, 1.807) is 0 Å². The fourth-order valence-corrected chi connectivity index (χ4v) is 2.86. The maximum atomic E-state index is 12.3. The number of carbonyl (C=O) groups is 1. The number of carbonyl (C=O) groups excluding carboxylic acids is 1. The van der Waals surface area contributed by atoms with E-state index in [4.69, 9.17) is 4.74 Å². The number of nitrogens with zero attached hydrogens (tertiary/aromatic N) is 1. The van der Waals surface area contributed by atoms with Crippen LogP contribution in [0.2, 0.25) is 0 Å². The minimum absolute atomic E-state index is 0.0342. The molecule has 1 aliphatic heterocycles. The van der Waals surface area contributed by atoms with Gasteiger partial charge in [-0.1, -0.05) is 38.3 Å². The van der Waals surface area contributed by atoms with Crippen molar-refractivity contribution in [1.82, 2.24) is 10.2 Å². The Morgan fingerprint density at radius 3 is 2.57 bits per heavy atom. The Balaban J connectivity index is 1.79. The van der Waals surface area contributed by atoms with Crippen LogP contribution in [-0.2, 0) is 11.3 Å². The zero-order valence-electron chi connectivity index (χ0n) is 14.5. The van der Waals surface area contributed by atoms with Crippen molar-refractivity contribution < 1.29 is 9.53 Å². The molecule has 1 amide bonds. The molecule has 1 aromatic carbocycles. The SMILES string of the molecule is CCCCCC(C)NC(=O)c1ccc(CN2CCOCC2)cc1. The summed E-state index contributed by atoms with van der Waals surface area (Å²) < 4.78 is 5.37. The molecule has 1 N–H and O–H groups in total. The number of rotatable bonds is 8. The lowest BCUT2D eigenvalue weighted by molar-refractivity contribution is 0.0342. The second-order valence-electron chi connectivity index (χ2n) is 6.46. The third-order valence-electron chi connectivity index (χ3n) is 4.34. The summed E-state index contributed by atoms with van der Waals surface area (Å²) in [7, 11) is 0. The van der Waals surface area contributed by atoms with Gasteiger partial charge in [-0.15, -0.1) is 0 Å². The van der Waals surface area contributed by atoms with Crippen LogP contribution in [0.3, 0.4) is 0 Å². The third kappa shape index (κ3) is 6.32. The molecule has 1 fully saturated rings. The van der Waals surface area contributed by atoms with Gasteiger partial charge in [0.05, 0.1) is 13.2 Å². The van der Waals surface area contributed by atoms with E-state index in [9.17, 15) is 4.79 Å². The van der Waals surface area contributed by atoms with Crippen LogP contribution in [0.25, 0.3) is 0 Å². The molecule has 0 aliphatic carbocycles. The molecule has 0 aromatic heterocycles. The number of unbranched alkanes of at least 4 members (excludes halogenated alkanes) is 2. The van der Waals surface area contributed by atoms with E-state index in [2.05, 4.69) is 36.2 Å². The molecular weight excluding hydrogens is 288 g/mol. The summed E-state index contributed by atoms with van der Waals surface area (Å²) in [6, 6.07) is 8.23. The Morgan fingerprint density at radius 1 is 1.22 bits per heavy atom. The van der Waals surface area contributed by atoms with Crippen molar-refractivity contribution in [3.05, 3.63) is 35.4 Å². The molecule has 1 saturated heterocycles. The third-order valence-corrected chi connectivity index (χ3v) is 4.34. The first-order valence-corrected chi connectivity index (χ1v) is 8.89. The second-order valence-corrected chi connectivity index (χ2v) is 6.46. The van der Waals surface area contributed by atoms with E-state index in [0.29, 0.717) is 0 Å². The van der Waals surface area contributed by atoms with Gasteiger partial charge in [-0.05, 0) is 31.0 Å². The van der Waals surface area contributed by atoms with E-state index in [-0.39, 0.29) is 11.9 Å². The predicted molar refractivity (Wildman–Crippen MR) is 93.6 cm³/mol. The Morgan fingerprint density at radius 2 is 1.91 bits per heavy atom. The summed E-state index contributed by atoms with van der Waals surface area (Å²) in [6.45, 7) is 8.81. The number of nitrogens with one attached hydrogen (secondary N) is 1. The Kier molecular flexibility index (Phi) is 7.56. The minimum atomic E-state index is 0.0342. The molecule has 1 aliphatic rings. The highest BCUT2D eigenvalue weighted by Gasteiger charge is 2.12. The highest BCUT2D eigenvalue weighted by molar-refractivity contribution is 5.94. The number of amides is 1. The molecule has 2 rings (SSSR count). The van der Waals surface area contributed by atoms with Crippen LogP contribution in [0.4, 0.5) is 0 Å². The van der Waals surface area contributed by atoms with Gasteiger partial charge in [0.2, 0.25) is 0 Å². The van der Waals surface area contributed by atoms with Gasteiger partial charge in [0, 0.05) is 31.2 Å². The van der Waals surface area contributed by atoms with Crippen molar-refractivity contribution in [2.75, 3.05) is 26.3 Å². The molecule has 1 unspecified atom stereocenters. The van der Waals surface area contributed by atoms with Crippen LogP contribution < -0.4 is 5.32 Å². The van der Waals surface area contributed by atoms with Gasteiger partial charge in [-0.3, -0.25) is 9.69 Å². The van der Waals surface area contributed by atoms with Gasteiger partial charge in [0.15, 0.2) is 0 Å². The molecule has 1 aromatic rings. The Bertz CT molecular complexity index is 467. The van der Waals surface area contributed by atoms with E-state index in [1.165, 1.54) is 24.8 Å². The molecule has 4 heteroatoms. The minimum Gasteiger partial charge on any atom is -0.379 e. The molecule has 0 bridgehead atoms. The van der Waals surface area contributed by atoms with Crippen molar-refractivity contribution in [2.45, 2.75) is 52.1 Å². The predicted octanol–water partition coefficient (Wildman–Crippen LogP) is 3.22. The molecule has 4 nitrogen and oxygen atoms in total. The molecule has 0 saturated carbocycles. The average Bonchev–Trinajstić information content (AvgIpc) is 2.56. The molecule has 23 heavy (non-hydrogen) atoms. The van der Waals surface area contributed by atoms with Gasteiger partial charge in [-0.2, -0.15) is 0 Å². The summed E-state index contributed by atoms with van der Waals surface area (Å²) in [6.07, 6.45) is 4.67. The van der Waals surface area contributed by atoms with Crippen molar-refractivity contribution in [1.29, 1.82) is 0 Å². The normalized spacial score (nSPS) is 17.0. The number of benzene rings is 1. The van der Waals surface area contributed by atoms with Gasteiger partial charge in [0.25, 0.3) is 5.91 Å². The summed E-state index contributed by atoms with van der Waals surface area (Å²) in [5, 5.41) is 3.09. The first-order chi connectivity index (χ1) is 11.2. The smallest absolute Gasteiger partial charge is 0.251 e. The highest BCUT2D eigenvalue weighted by atomic mass is 16.5. The van der Waals surface area contributed by atoms with Crippen LogP contribution in [-0.4, -0.2) is 43.2 Å². The van der Waals surface area contributed by atoms with E-state index < -0.39 is 0 Å². The van der Waals surface area contributed by atoms with Crippen molar-refractivity contribution in [3.63, 3.8) is 0 Å². The van der Waals surface area contributed by atoms with Gasteiger partial charge < -0.3 is 10.1 Å². The average molecular weight is 318 g/mol. The van der Waals surface area contributed by atoms with Crippen LogP contribution in [0, 0.1) is 0 Å². The fraction of sp³-hybridized carbons (Fsp3) is 0.632. The number of morpholine rings is 1. The van der Waals surface area contributed by atoms with Gasteiger partial charge in [-0.25, -0.2) is 0 Å². The molecule has 0 spiro atoms. The van der Waals surface area contributed by atoms with Crippen molar-refractivity contribution >= 4 is 5.91 Å². The molecule has 128 valence electrons. The van der Waals surface area contributed by atoms with Gasteiger partial charge >= 0.3 is 0 Å². The largest absolute Gasteiger partial charge is 0.379 e. The Labute approximate surface area is 140 Å². The topological polar surface area (TPSA) is 41.6 Å². The van der Waals surface area contributed by atoms with Gasteiger partial charge in [0.1, 0.15) is 0 Å². The summed E-state index contributed by atoms with van der Waals surface area (Å²) >= 11 is 0. The molecule has 0 radical (unpaired) electrons. The molecule has 1 heterocycles. The number of hydrogen-bond donors (Lipinski definition) is 1. The molecular formula is C19H30N2O2. The highest BCUT2D eigenvalue weighted by Crippen LogP contribution is 2.10. The van der Waals surface area contributed by atoms with Crippen molar-refractivity contribution in [2.24, 2.45) is 0 Å². The van der Waals surface area contributed by atoms with E-state index in [0.717, 1.165) is 44.8 Å². The lowest BCUT2D eigenvalue weighted by Crippen LogP contribution is -2.35.